The van der Waals surface area contributed by atoms with Crippen molar-refractivity contribution >= 4 is 17.9 Å². The molecule has 0 saturated carbocycles. The van der Waals surface area contributed by atoms with Gasteiger partial charge in [-0.1, -0.05) is 66.7 Å². The van der Waals surface area contributed by atoms with Crippen LogP contribution in [0.2, 0.25) is 0 Å². The summed E-state index contributed by atoms with van der Waals surface area (Å²) in [6.45, 7) is 0.0206. The number of amides is 1. The van der Waals surface area contributed by atoms with Crippen molar-refractivity contribution in [1.29, 1.82) is 0 Å². The number of thioether (sulfide) groups is 1. The van der Waals surface area contributed by atoms with Crippen molar-refractivity contribution in [2.75, 3.05) is 19.4 Å². The fourth-order valence-electron chi connectivity index (χ4n) is 3.82. The quantitative estimate of drug-likeness (QED) is 0.523. The minimum Gasteiger partial charge on any atom is -0.436 e. The summed E-state index contributed by atoms with van der Waals surface area (Å²) in [7, 11) is 1.75. The van der Waals surface area contributed by atoms with Crippen LogP contribution in [0.15, 0.2) is 83.8 Å². The molecule has 0 fully saturated rings. The first-order chi connectivity index (χ1) is 14.7. The van der Waals surface area contributed by atoms with Gasteiger partial charge in [-0.15, -0.1) is 11.8 Å². The zero-order valence-electron chi connectivity index (χ0n) is 16.9. The minimum atomic E-state index is -0.413. The van der Waals surface area contributed by atoms with Gasteiger partial charge < -0.3 is 14.7 Å². The average Bonchev–Trinajstić information content (AvgIpc) is 3.11. The third kappa shape index (κ3) is 4.23. The lowest BCUT2D eigenvalue weighted by atomic mass is 10.1. The third-order valence-corrected chi connectivity index (χ3v) is 6.64. The molecule has 0 radical (unpaired) electrons. The fourth-order valence-corrected chi connectivity index (χ4v) is 4.94. The van der Waals surface area contributed by atoms with Gasteiger partial charge in [0.25, 0.3) is 0 Å². The smallest absolute Gasteiger partial charge is 0.410 e. The first kappa shape index (κ1) is 20.5. The zero-order chi connectivity index (χ0) is 20.9. The topological polar surface area (TPSA) is 49.8 Å². The monoisotopic (exact) mass is 419 g/mol. The molecule has 0 unspecified atom stereocenters. The van der Waals surface area contributed by atoms with E-state index in [4.69, 9.17) is 4.74 Å². The fraction of sp³-hybridized carbons (Fsp3) is 0.240. The van der Waals surface area contributed by atoms with Crippen LogP contribution in [-0.2, 0) is 4.74 Å². The Labute approximate surface area is 181 Å². The molecule has 1 aliphatic carbocycles. The van der Waals surface area contributed by atoms with Crippen LogP contribution in [0.5, 0.6) is 0 Å². The molecule has 0 spiro atoms. The lowest BCUT2D eigenvalue weighted by molar-refractivity contribution is 0.0732. The number of rotatable bonds is 7. The van der Waals surface area contributed by atoms with Gasteiger partial charge in [-0.2, -0.15) is 0 Å². The molecule has 1 atom stereocenters. The van der Waals surface area contributed by atoms with Crippen LogP contribution in [0, 0.1) is 0 Å². The number of fused-ring (bicyclic) bond motifs is 3. The predicted octanol–water partition coefficient (Wildman–Crippen LogP) is 5.37. The highest BCUT2D eigenvalue weighted by Crippen LogP contribution is 2.45. The van der Waals surface area contributed by atoms with E-state index in [-0.39, 0.29) is 18.7 Å². The summed E-state index contributed by atoms with van der Waals surface area (Å²) >= 11 is 1.67. The number of carbonyl (C=O) groups is 1. The van der Waals surface area contributed by atoms with Gasteiger partial charge in [-0.05, 0) is 29.7 Å². The van der Waals surface area contributed by atoms with Gasteiger partial charge in [-0.25, -0.2) is 4.79 Å². The standard InChI is InChI=1S/C25H25NO3S/c1-26(18(15-16-27)17-30-19-9-3-2-4-10-19)25(28)29-24-22-13-7-5-11-20(22)21-12-6-8-14-23(21)24/h2-14,18,24,27H,15-17H2,1H3/t18-/m1/s1. The lowest BCUT2D eigenvalue weighted by Crippen LogP contribution is -2.40. The summed E-state index contributed by atoms with van der Waals surface area (Å²) in [5.74, 6) is 0.689. The maximum Gasteiger partial charge on any atom is 0.410 e. The summed E-state index contributed by atoms with van der Waals surface area (Å²) in [4.78, 5) is 15.8. The number of hydrogen-bond donors (Lipinski definition) is 1. The van der Waals surface area contributed by atoms with Crippen LogP contribution in [0.25, 0.3) is 11.1 Å². The molecule has 5 heteroatoms. The average molecular weight is 420 g/mol. The van der Waals surface area contributed by atoms with Crippen molar-refractivity contribution in [2.45, 2.75) is 23.5 Å². The number of aliphatic hydroxyl groups excluding tert-OH is 1. The highest BCUT2D eigenvalue weighted by molar-refractivity contribution is 7.99. The number of carbonyl (C=O) groups excluding carboxylic acids is 1. The van der Waals surface area contributed by atoms with E-state index in [9.17, 15) is 9.90 Å². The first-order valence-electron chi connectivity index (χ1n) is 10.1. The number of nitrogens with zero attached hydrogens (tertiary/aromatic N) is 1. The highest BCUT2D eigenvalue weighted by atomic mass is 32.2. The van der Waals surface area contributed by atoms with Crippen molar-refractivity contribution in [3.63, 3.8) is 0 Å². The Morgan fingerprint density at radius 2 is 1.53 bits per heavy atom. The normalized spacial score (nSPS) is 13.4. The molecule has 0 saturated heterocycles. The van der Waals surface area contributed by atoms with Crippen LogP contribution in [0.3, 0.4) is 0 Å². The van der Waals surface area contributed by atoms with E-state index < -0.39 is 6.10 Å². The van der Waals surface area contributed by atoms with E-state index in [1.807, 2.05) is 66.7 Å². The van der Waals surface area contributed by atoms with Crippen molar-refractivity contribution in [3.05, 3.63) is 90.0 Å². The first-order valence-corrected chi connectivity index (χ1v) is 11.1. The van der Waals surface area contributed by atoms with Crippen LogP contribution in [0.1, 0.15) is 23.7 Å². The number of ether oxygens (including phenoxy) is 1. The molecule has 1 N–H and O–H groups in total. The Morgan fingerprint density at radius 3 is 2.13 bits per heavy atom. The van der Waals surface area contributed by atoms with E-state index >= 15 is 0 Å². The van der Waals surface area contributed by atoms with Crippen molar-refractivity contribution in [2.24, 2.45) is 0 Å². The van der Waals surface area contributed by atoms with Gasteiger partial charge in [0, 0.05) is 41.5 Å². The SMILES string of the molecule is CN(C(=O)OC1c2ccccc2-c2ccccc21)[C@H](CCO)CSc1ccccc1. The summed E-state index contributed by atoms with van der Waals surface area (Å²) in [6.07, 6.45) is -0.286. The number of hydrogen-bond acceptors (Lipinski definition) is 4. The summed E-state index contributed by atoms with van der Waals surface area (Å²) in [5.41, 5.74) is 4.25. The van der Waals surface area contributed by atoms with E-state index in [1.165, 1.54) is 0 Å². The van der Waals surface area contributed by atoms with Crippen LogP contribution < -0.4 is 0 Å². The van der Waals surface area contributed by atoms with Gasteiger partial charge in [-0.3, -0.25) is 0 Å². The van der Waals surface area contributed by atoms with Gasteiger partial charge in [0.2, 0.25) is 0 Å². The Hall–Kier alpha value is -2.76. The molecule has 0 bridgehead atoms. The Morgan fingerprint density at radius 1 is 0.967 bits per heavy atom. The zero-order valence-corrected chi connectivity index (χ0v) is 17.7. The van der Waals surface area contributed by atoms with Gasteiger partial charge in [0.15, 0.2) is 6.10 Å². The van der Waals surface area contributed by atoms with E-state index in [1.54, 1.807) is 23.7 Å². The molecule has 0 aromatic heterocycles. The van der Waals surface area contributed by atoms with Gasteiger partial charge >= 0.3 is 6.09 Å². The van der Waals surface area contributed by atoms with Gasteiger partial charge in [0.05, 0.1) is 0 Å². The van der Waals surface area contributed by atoms with Gasteiger partial charge in [0.1, 0.15) is 0 Å². The Kier molecular flexibility index (Phi) is 6.41. The molecule has 4 rings (SSSR count). The number of benzene rings is 3. The predicted molar refractivity (Wildman–Crippen MR) is 121 cm³/mol. The third-order valence-electron chi connectivity index (χ3n) is 5.48. The molecule has 1 aliphatic rings. The van der Waals surface area contributed by atoms with Crippen LogP contribution >= 0.6 is 11.8 Å². The van der Waals surface area contributed by atoms with Crippen molar-refractivity contribution in [3.8, 4) is 11.1 Å². The second-order valence-corrected chi connectivity index (χ2v) is 8.43. The number of aliphatic hydroxyl groups is 1. The van der Waals surface area contributed by atoms with E-state index in [0.29, 0.717) is 12.2 Å². The molecule has 4 nitrogen and oxygen atoms in total. The second-order valence-electron chi connectivity index (χ2n) is 7.34. The van der Waals surface area contributed by atoms with Crippen LogP contribution in [-0.4, -0.2) is 41.5 Å². The summed E-state index contributed by atoms with van der Waals surface area (Å²) < 4.78 is 6.00. The Balaban J connectivity index is 1.49. The molecular formula is C25H25NO3S. The second kappa shape index (κ2) is 9.37. The molecule has 1 amide bonds. The maximum atomic E-state index is 13.1. The molecule has 0 aliphatic heterocycles. The van der Waals surface area contributed by atoms with E-state index in [0.717, 1.165) is 27.1 Å². The molecule has 3 aromatic rings. The van der Waals surface area contributed by atoms with Crippen LogP contribution in [0.4, 0.5) is 4.79 Å². The highest BCUT2D eigenvalue weighted by Gasteiger charge is 2.33. The maximum absolute atomic E-state index is 13.1. The molecule has 30 heavy (non-hydrogen) atoms. The van der Waals surface area contributed by atoms with E-state index in [2.05, 4.69) is 12.1 Å². The van der Waals surface area contributed by atoms with Crippen molar-refractivity contribution < 1.29 is 14.6 Å². The lowest BCUT2D eigenvalue weighted by Gasteiger charge is -2.28. The summed E-state index contributed by atoms with van der Waals surface area (Å²) in [5, 5.41) is 9.52. The largest absolute Gasteiger partial charge is 0.436 e. The molecular weight excluding hydrogens is 394 g/mol. The Bertz CT molecular complexity index is 963. The minimum absolute atomic E-state index is 0.0206. The molecule has 0 heterocycles. The van der Waals surface area contributed by atoms with Crippen molar-refractivity contribution in [1.82, 2.24) is 4.90 Å². The summed E-state index contributed by atoms with van der Waals surface area (Å²) in [6, 6.07) is 26.1. The molecule has 3 aromatic carbocycles. The molecule has 154 valence electrons.